The number of rotatable bonds is 10. The molecule has 0 radical (unpaired) electrons. The molecule has 128 valence electrons. The molecule has 0 aliphatic rings. The first-order valence-electron chi connectivity index (χ1n) is 8.11. The highest BCUT2D eigenvalue weighted by molar-refractivity contribution is 5.89. The van der Waals surface area contributed by atoms with Crippen molar-refractivity contribution in [2.45, 2.75) is 39.5 Å². The van der Waals surface area contributed by atoms with Crippen molar-refractivity contribution in [3.05, 3.63) is 24.3 Å². The molecule has 6 heteroatoms. The predicted octanol–water partition coefficient (Wildman–Crippen LogP) is 2.89. The first-order valence-corrected chi connectivity index (χ1v) is 8.11. The third-order valence-electron chi connectivity index (χ3n) is 3.59. The highest BCUT2D eigenvalue weighted by atomic mass is 16.5. The number of urea groups is 1. The first-order chi connectivity index (χ1) is 11.0. The van der Waals surface area contributed by atoms with Crippen LogP contribution in [0.2, 0.25) is 0 Å². The number of hydrogen-bond acceptors (Lipinski definition) is 3. The Bertz CT molecular complexity index is 488. The van der Waals surface area contributed by atoms with Gasteiger partial charge >= 0.3 is 6.03 Å². The molecule has 4 N–H and O–H groups in total. The van der Waals surface area contributed by atoms with Crippen LogP contribution in [0.5, 0.6) is 5.75 Å². The molecule has 0 heterocycles. The lowest BCUT2D eigenvalue weighted by molar-refractivity contribution is -0.119. The molecule has 0 fully saturated rings. The quantitative estimate of drug-likeness (QED) is 0.618. The second-order valence-corrected chi connectivity index (χ2v) is 5.53. The molecule has 0 spiro atoms. The molecule has 0 saturated heterocycles. The minimum absolute atomic E-state index is 0.163. The molecular formula is C17H27N3O3. The van der Waals surface area contributed by atoms with Crippen LogP contribution in [0.1, 0.15) is 39.5 Å². The molecule has 0 bridgehead atoms. The molecule has 0 saturated carbocycles. The van der Waals surface area contributed by atoms with E-state index < -0.39 is 5.91 Å². The van der Waals surface area contributed by atoms with Gasteiger partial charge < -0.3 is 21.1 Å². The van der Waals surface area contributed by atoms with Gasteiger partial charge in [-0.05, 0) is 36.6 Å². The number of hydrogen-bond donors (Lipinski definition) is 3. The Kier molecular flexibility index (Phi) is 8.57. The fourth-order valence-corrected chi connectivity index (χ4v) is 2.14. The number of ether oxygens (including phenoxy) is 1. The van der Waals surface area contributed by atoms with Crippen molar-refractivity contribution in [2.24, 2.45) is 11.7 Å². The Hall–Kier alpha value is -2.24. The minimum atomic E-state index is -0.528. The lowest BCUT2D eigenvalue weighted by Gasteiger charge is -2.15. The largest absolute Gasteiger partial charge is 0.484 e. The SMILES string of the molecule is CCCCC(CC)CNC(=O)Nc1ccc(OCC(N)=O)cc1. The molecule has 6 nitrogen and oxygen atoms in total. The van der Waals surface area contributed by atoms with E-state index in [1.54, 1.807) is 24.3 Å². The topological polar surface area (TPSA) is 93.4 Å². The fourth-order valence-electron chi connectivity index (χ4n) is 2.14. The van der Waals surface area contributed by atoms with E-state index in [1.165, 1.54) is 12.8 Å². The Morgan fingerprint density at radius 2 is 1.91 bits per heavy atom. The Morgan fingerprint density at radius 1 is 1.22 bits per heavy atom. The summed E-state index contributed by atoms with van der Waals surface area (Å²) in [5.74, 6) is 0.519. The monoisotopic (exact) mass is 321 g/mol. The number of anilines is 1. The van der Waals surface area contributed by atoms with Gasteiger partial charge in [-0.2, -0.15) is 0 Å². The molecule has 0 aliphatic carbocycles. The number of unbranched alkanes of at least 4 members (excludes halogenated alkanes) is 1. The van der Waals surface area contributed by atoms with Crippen LogP contribution in [0.25, 0.3) is 0 Å². The van der Waals surface area contributed by atoms with E-state index in [4.69, 9.17) is 10.5 Å². The van der Waals surface area contributed by atoms with E-state index in [9.17, 15) is 9.59 Å². The van der Waals surface area contributed by atoms with Gasteiger partial charge in [0, 0.05) is 12.2 Å². The van der Waals surface area contributed by atoms with Crippen molar-refractivity contribution >= 4 is 17.6 Å². The fraction of sp³-hybridized carbons (Fsp3) is 0.529. The van der Waals surface area contributed by atoms with Crippen LogP contribution in [-0.4, -0.2) is 25.1 Å². The summed E-state index contributed by atoms with van der Waals surface area (Å²) < 4.78 is 5.16. The van der Waals surface area contributed by atoms with Gasteiger partial charge in [-0.15, -0.1) is 0 Å². The Balaban J connectivity index is 2.37. The average Bonchev–Trinajstić information content (AvgIpc) is 2.54. The van der Waals surface area contributed by atoms with Crippen molar-refractivity contribution < 1.29 is 14.3 Å². The van der Waals surface area contributed by atoms with Crippen LogP contribution in [0.3, 0.4) is 0 Å². The molecule has 1 aromatic rings. The first kappa shape index (κ1) is 18.8. The number of benzene rings is 1. The van der Waals surface area contributed by atoms with Gasteiger partial charge in [-0.3, -0.25) is 4.79 Å². The third kappa shape index (κ3) is 8.09. The third-order valence-corrected chi connectivity index (χ3v) is 3.59. The summed E-state index contributed by atoms with van der Waals surface area (Å²) in [4.78, 5) is 22.5. The standard InChI is InChI=1S/C17H27N3O3/c1-3-5-6-13(4-2)11-19-17(22)20-14-7-9-15(10-8-14)23-12-16(18)21/h7-10,13H,3-6,11-12H2,1-2H3,(H2,18,21)(H2,19,20,22). The van der Waals surface area contributed by atoms with Gasteiger partial charge in [0.2, 0.25) is 0 Å². The van der Waals surface area contributed by atoms with E-state index >= 15 is 0 Å². The maximum Gasteiger partial charge on any atom is 0.319 e. The summed E-state index contributed by atoms with van der Waals surface area (Å²) in [6.07, 6.45) is 4.56. The Labute approximate surface area is 137 Å². The zero-order chi connectivity index (χ0) is 17.1. The lowest BCUT2D eigenvalue weighted by atomic mass is 9.99. The summed E-state index contributed by atoms with van der Waals surface area (Å²) in [6, 6.07) is 6.56. The molecule has 0 aliphatic heterocycles. The van der Waals surface area contributed by atoms with Crippen LogP contribution in [0.15, 0.2) is 24.3 Å². The van der Waals surface area contributed by atoms with Gasteiger partial charge in [0.1, 0.15) is 5.75 Å². The number of amides is 3. The van der Waals surface area contributed by atoms with Crippen LogP contribution in [0.4, 0.5) is 10.5 Å². The highest BCUT2D eigenvalue weighted by Crippen LogP contribution is 2.16. The maximum atomic E-state index is 11.9. The number of carbonyl (C=O) groups is 2. The number of carbonyl (C=O) groups excluding carboxylic acids is 2. The van der Waals surface area contributed by atoms with E-state index in [1.807, 2.05) is 0 Å². The second-order valence-electron chi connectivity index (χ2n) is 5.53. The van der Waals surface area contributed by atoms with E-state index in [2.05, 4.69) is 24.5 Å². The maximum absolute atomic E-state index is 11.9. The van der Waals surface area contributed by atoms with E-state index in [0.717, 1.165) is 12.8 Å². The van der Waals surface area contributed by atoms with Crippen molar-refractivity contribution in [3.63, 3.8) is 0 Å². The zero-order valence-electron chi connectivity index (χ0n) is 13.9. The van der Waals surface area contributed by atoms with Gasteiger partial charge in [-0.25, -0.2) is 4.79 Å². The summed E-state index contributed by atoms with van der Waals surface area (Å²) in [5, 5.41) is 5.68. The van der Waals surface area contributed by atoms with Gasteiger partial charge in [-0.1, -0.05) is 33.1 Å². The average molecular weight is 321 g/mol. The van der Waals surface area contributed by atoms with E-state index in [-0.39, 0.29) is 12.6 Å². The molecule has 1 atom stereocenters. The number of nitrogens with two attached hydrogens (primary N) is 1. The normalized spacial score (nSPS) is 11.6. The van der Waals surface area contributed by atoms with Crippen LogP contribution >= 0.6 is 0 Å². The van der Waals surface area contributed by atoms with Crippen molar-refractivity contribution in [2.75, 3.05) is 18.5 Å². The van der Waals surface area contributed by atoms with Crippen LogP contribution in [0, 0.1) is 5.92 Å². The summed E-state index contributed by atoms with van der Waals surface area (Å²) in [7, 11) is 0. The molecule has 1 aromatic carbocycles. The molecule has 23 heavy (non-hydrogen) atoms. The highest BCUT2D eigenvalue weighted by Gasteiger charge is 2.08. The summed E-state index contributed by atoms with van der Waals surface area (Å²) >= 11 is 0. The molecule has 1 rings (SSSR count). The molecule has 3 amide bonds. The van der Waals surface area contributed by atoms with E-state index in [0.29, 0.717) is 23.9 Å². The smallest absolute Gasteiger partial charge is 0.319 e. The summed E-state index contributed by atoms with van der Waals surface area (Å²) in [5.41, 5.74) is 5.67. The Morgan fingerprint density at radius 3 is 2.48 bits per heavy atom. The lowest BCUT2D eigenvalue weighted by Crippen LogP contribution is -2.33. The van der Waals surface area contributed by atoms with Crippen LogP contribution in [-0.2, 0) is 4.79 Å². The van der Waals surface area contributed by atoms with Crippen LogP contribution < -0.4 is 21.1 Å². The summed E-state index contributed by atoms with van der Waals surface area (Å²) in [6.45, 7) is 4.83. The number of primary amides is 1. The second kappa shape index (κ2) is 10.5. The number of nitrogens with one attached hydrogen (secondary N) is 2. The minimum Gasteiger partial charge on any atom is -0.484 e. The van der Waals surface area contributed by atoms with Gasteiger partial charge in [0.05, 0.1) is 0 Å². The molecule has 1 unspecified atom stereocenters. The van der Waals surface area contributed by atoms with Gasteiger partial charge in [0.15, 0.2) is 6.61 Å². The molecular weight excluding hydrogens is 294 g/mol. The van der Waals surface area contributed by atoms with Crippen molar-refractivity contribution in [1.29, 1.82) is 0 Å². The zero-order valence-corrected chi connectivity index (χ0v) is 13.9. The predicted molar refractivity (Wildman–Crippen MR) is 91.5 cm³/mol. The van der Waals surface area contributed by atoms with Crippen molar-refractivity contribution in [3.8, 4) is 5.75 Å². The van der Waals surface area contributed by atoms with Gasteiger partial charge in [0.25, 0.3) is 5.91 Å². The molecule has 0 aromatic heterocycles. The van der Waals surface area contributed by atoms with Crippen molar-refractivity contribution in [1.82, 2.24) is 5.32 Å².